The van der Waals surface area contributed by atoms with Gasteiger partial charge in [-0.3, -0.25) is 4.79 Å². The Balaban J connectivity index is 2.47. The van der Waals surface area contributed by atoms with Gasteiger partial charge in [0.15, 0.2) is 0 Å². The van der Waals surface area contributed by atoms with Crippen molar-refractivity contribution in [2.45, 2.75) is 13.0 Å². The lowest BCUT2D eigenvalue weighted by Crippen LogP contribution is -2.26. The molecule has 0 bridgehead atoms. The van der Waals surface area contributed by atoms with Crippen molar-refractivity contribution in [3.63, 3.8) is 0 Å². The van der Waals surface area contributed by atoms with Crippen molar-refractivity contribution in [1.82, 2.24) is 10.2 Å². The first-order valence-corrected chi connectivity index (χ1v) is 6.18. The number of rotatable bonds is 5. The summed E-state index contributed by atoms with van der Waals surface area (Å²) in [6.07, 6.45) is 0.492. The molecule has 0 aromatic heterocycles. The third-order valence-electron chi connectivity index (χ3n) is 2.46. The molecule has 0 aliphatic heterocycles. The maximum atomic E-state index is 11.1. The predicted octanol–water partition coefficient (Wildman–Crippen LogP) is 1.72. The molecule has 0 atom stereocenters. The average molecular weight is 301 g/mol. The van der Waals surface area contributed by atoms with E-state index in [2.05, 4.69) is 26.1 Å². The van der Waals surface area contributed by atoms with Gasteiger partial charge in [0.25, 0.3) is 0 Å². The van der Waals surface area contributed by atoms with Crippen LogP contribution in [0.15, 0.2) is 22.7 Å². The van der Waals surface area contributed by atoms with Crippen LogP contribution in [0.3, 0.4) is 0 Å². The molecule has 0 aliphatic carbocycles. The molecule has 0 radical (unpaired) electrons. The van der Waals surface area contributed by atoms with E-state index < -0.39 is 0 Å². The molecular formula is C12H17BrN2O2. The molecule has 0 fully saturated rings. The molecule has 5 heteroatoms. The number of hydrogen-bond acceptors (Lipinski definition) is 3. The van der Waals surface area contributed by atoms with Crippen molar-refractivity contribution in [1.29, 1.82) is 0 Å². The van der Waals surface area contributed by atoms with Gasteiger partial charge in [-0.15, -0.1) is 0 Å². The summed E-state index contributed by atoms with van der Waals surface area (Å²) in [7, 11) is 3.60. The standard InChI is InChI=1S/C12H17BrN2O2/c1-14-12(17)5-6-15(2)8-9-3-4-11(16)10(13)7-9/h3-4,7,16H,5-6,8H2,1-2H3,(H,14,17). The molecule has 2 N–H and O–H groups in total. The fourth-order valence-electron chi connectivity index (χ4n) is 1.46. The second-order valence-electron chi connectivity index (χ2n) is 3.95. The third-order valence-corrected chi connectivity index (χ3v) is 3.10. The van der Waals surface area contributed by atoms with Gasteiger partial charge in [0.05, 0.1) is 4.47 Å². The third kappa shape index (κ3) is 4.75. The zero-order chi connectivity index (χ0) is 12.8. The van der Waals surface area contributed by atoms with Crippen molar-refractivity contribution < 1.29 is 9.90 Å². The summed E-state index contributed by atoms with van der Waals surface area (Å²) in [6, 6.07) is 5.41. The van der Waals surface area contributed by atoms with Crippen LogP contribution in [-0.4, -0.2) is 36.6 Å². The minimum atomic E-state index is 0.0451. The fourth-order valence-corrected chi connectivity index (χ4v) is 1.88. The Kier molecular flexibility index (Phi) is 5.44. The maximum Gasteiger partial charge on any atom is 0.221 e. The van der Waals surface area contributed by atoms with Crippen LogP contribution in [0.4, 0.5) is 0 Å². The Hall–Kier alpha value is -1.07. The molecule has 1 aromatic carbocycles. The summed E-state index contributed by atoms with van der Waals surface area (Å²) < 4.78 is 0.690. The summed E-state index contributed by atoms with van der Waals surface area (Å²) in [5.41, 5.74) is 1.09. The number of amides is 1. The van der Waals surface area contributed by atoms with E-state index in [-0.39, 0.29) is 11.7 Å². The van der Waals surface area contributed by atoms with Crippen LogP contribution in [0.1, 0.15) is 12.0 Å². The first-order valence-electron chi connectivity index (χ1n) is 5.39. The molecular weight excluding hydrogens is 284 g/mol. The van der Waals surface area contributed by atoms with Crippen LogP contribution < -0.4 is 5.32 Å². The van der Waals surface area contributed by atoms with Gasteiger partial charge < -0.3 is 15.3 Å². The van der Waals surface area contributed by atoms with E-state index in [9.17, 15) is 9.90 Å². The van der Waals surface area contributed by atoms with E-state index in [4.69, 9.17) is 0 Å². The van der Waals surface area contributed by atoms with Crippen LogP contribution in [0, 0.1) is 0 Å². The van der Waals surface area contributed by atoms with Crippen molar-refractivity contribution in [2.75, 3.05) is 20.6 Å². The molecule has 1 amide bonds. The Morgan fingerprint density at radius 3 is 2.82 bits per heavy atom. The summed E-state index contributed by atoms with van der Waals surface area (Å²) in [6.45, 7) is 1.45. The molecule has 1 aromatic rings. The van der Waals surface area contributed by atoms with Crippen LogP contribution in [-0.2, 0) is 11.3 Å². The lowest BCUT2D eigenvalue weighted by atomic mass is 10.2. The SMILES string of the molecule is CNC(=O)CCN(C)Cc1ccc(O)c(Br)c1. The van der Waals surface area contributed by atoms with E-state index in [1.165, 1.54) is 0 Å². The molecule has 0 spiro atoms. The van der Waals surface area contributed by atoms with E-state index in [0.29, 0.717) is 17.4 Å². The minimum absolute atomic E-state index is 0.0451. The quantitative estimate of drug-likeness (QED) is 0.871. The topological polar surface area (TPSA) is 52.6 Å². The highest BCUT2D eigenvalue weighted by Crippen LogP contribution is 2.24. The normalized spacial score (nSPS) is 10.6. The molecule has 0 saturated heterocycles. The second-order valence-corrected chi connectivity index (χ2v) is 4.80. The first-order chi connectivity index (χ1) is 8.02. The van der Waals surface area contributed by atoms with Crippen molar-refractivity contribution in [3.05, 3.63) is 28.2 Å². The van der Waals surface area contributed by atoms with Gasteiger partial charge in [0.1, 0.15) is 5.75 Å². The van der Waals surface area contributed by atoms with Gasteiger partial charge in [-0.05, 0) is 40.7 Å². The second kappa shape index (κ2) is 6.61. The number of halogens is 1. The predicted molar refractivity (Wildman–Crippen MR) is 70.8 cm³/mol. The van der Waals surface area contributed by atoms with Crippen LogP contribution in [0.5, 0.6) is 5.75 Å². The smallest absolute Gasteiger partial charge is 0.221 e. The van der Waals surface area contributed by atoms with E-state index in [1.807, 2.05) is 19.2 Å². The Morgan fingerprint density at radius 1 is 1.53 bits per heavy atom. The lowest BCUT2D eigenvalue weighted by Gasteiger charge is -2.16. The molecule has 4 nitrogen and oxygen atoms in total. The summed E-state index contributed by atoms with van der Waals surface area (Å²) in [5.74, 6) is 0.283. The molecule has 0 aliphatic rings. The highest BCUT2D eigenvalue weighted by Gasteiger charge is 2.05. The van der Waals surface area contributed by atoms with Gasteiger partial charge in [-0.1, -0.05) is 6.07 Å². The van der Waals surface area contributed by atoms with Gasteiger partial charge in [-0.25, -0.2) is 0 Å². The zero-order valence-electron chi connectivity index (χ0n) is 10.0. The summed E-state index contributed by atoms with van der Waals surface area (Å²) >= 11 is 3.28. The van der Waals surface area contributed by atoms with Gasteiger partial charge in [0.2, 0.25) is 5.91 Å². The fraction of sp³-hybridized carbons (Fsp3) is 0.417. The van der Waals surface area contributed by atoms with Gasteiger partial charge in [0, 0.05) is 26.6 Å². The summed E-state index contributed by atoms with van der Waals surface area (Å²) in [5, 5.41) is 12.0. The molecule has 0 unspecified atom stereocenters. The lowest BCUT2D eigenvalue weighted by molar-refractivity contribution is -0.120. The van der Waals surface area contributed by atoms with E-state index in [1.54, 1.807) is 13.1 Å². The minimum Gasteiger partial charge on any atom is -0.507 e. The molecule has 17 heavy (non-hydrogen) atoms. The highest BCUT2D eigenvalue weighted by atomic mass is 79.9. The van der Waals surface area contributed by atoms with Crippen LogP contribution in [0.25, 0.3) is 0 Å². The number of aromatic hydroxyl groups is 1. The Morgan fingerprint density at radius 2 is 2.24 bits per heavy atom. The molecule has 0 saturated carbocycles. The van der Waals surface area contributed by atoms with Crippen LogP contribution >= 0.6 is 15.9 Å². The number of phenolic OH excluding ortho intramolecular Hbond substituents is 1. The molecule has 0 heterocycles. The number of carbonyl (C=O) groups excluding carboxylic acids is 1. The summed E-state index contributed by atoms with van der Waals surface area (Å²) in [4.78, 5) is 13.2. The van der Waals surface area contributed by atoms with Crippen molar-refractivity contribution >= 4 is 21.8 Å². The van der Waals surface area contributed by atoms with Gasteiger partial charge in [-0.2, -0.15) is 0 Å². The largest absolute Gasteiger partial charge is 0.507 e. The number of nitrogens with one attached hydrogen (secondary N) is 1. The number of carbonyl (C=O) groups is 1. The molecule has 94 valence electrons. The number of benzene rings is 1. The zero-order valence-corrected chi connectivity index (χ0v) is 11.6. The maximum absolute atomic E-state index is 11.1. The van der Waals surface area contributed by atoms with Crippen molar-refractivity contribution in [2.24, 2.45) is 0 Å². The number of phenols is 1. The first kappa shape index (κ1) is 14.0. The Labute approximate surface area is 110 Å². The monoisotopic (exact) mass is 300 g/mol. The molecule has 1 rings (SSSR count). The number of hydrogen-bond donors (Lipinski definition) is 2. The Bertz CT molecular complexity index is 396. The van der Waals surface area contributed by atoms with Crippen molar-refractivity contribution in [3.8, 4) is 5.75 Å². The highest BCUT2D eigenvalue weighted by molar-refractivity contribution is 9.10. The van der Waals surface area contributed by atoms with E-state index >= 15 is 0 Å². The number of nitrogens with zero attached hydrogens (tertiary/aromatic N) is 1. The van der Waals surface area contributed by atoms with Gasteiger partial charge >= 0.3 is 0 Å². The van der Waals surface area contributed by atoms with Crippen LogP contribution in [0.2, 0.25) is 0 Å². The van der Waals surface area contributed by atoms with E-state index in [0.717, 1.165) is 12.1 Å². The average Bonchev–Trinajstić information content (AvgIpc) is 2.31.